The van der Waals surface area contributed by atoms with E-state index in [0.717, 1.165) is 22.4 Å². The van der Waals surface area contributed by atoms with Crippen molar-refractivity contribution in [3.63, 3.8) is 0 Å². The molecular formula is C27H23N5O. The first-order valence-electron chi connectivity index (χ1n) is 10.7. The second kappa shape index (κ2) is 10.7. The third kappa shape index (κ3) is 5.81. The number of carbonyl (C=O) groups excluding carboxylic acids is 1. The van der Waals surface area contributed by atoms with Crippen LogP contribution in [0.3, 0.4) is 0 Å². The molecule has 33 heavy (non-hydrogen) atoms. The molecule has 0 unspecified atom stereocenters. The molecule has 0 fully saturated rings. The van der Waals surface area contributed by atoms with E-state index in [9.17, 15) is 4.79 Å². The van der Waals surface area contributed by atoms with Crippen molar-refractivity contribution < 1.29 is 4.79 Å². The minimum atomic E-state index is -0.208. The third-order valence-corrected chi connectivity index (χ3v) is 5.15. The number of anilines is 1. The molecule has 0 saturated heterocycles. The van der Waals surface area contributed by atoms with E-state index in [1.807, 2.05) is 66.7 Å². The van der Waals surface area contributed by atoms with E-state index in [4.69, 9.17) is 10.2 Å². The Bertz CT molecular complexity index is 1270. The van der Waals surface area contributed by atoms with E-state index in [-0.39, 0.29) is 5.91 Å². The summed E-state index contributed by atoms with van der Waals surface area (Å²) in [6.07, 6.45) is 4.13. The minimum absolute atomic E-state index is 0.208. The number of pyridine rings is 2. The Kier molecular flexibility index (Phi) is 7.04. The third-order valence-electron chi connectivity index (χ3n) is 5.15. The van der Waals surface area contributed by atoms with Crippen molar-refractivity contribution in [2.24, 2.45) is 0 Å². The zero-order valence-electron chi connectivity index (χ0n) is 18.0. The molecule has 0 aliphatic rings. The number of nitrogens with zero attached hydrogens (tertiary/aromatic N) is 3. The number of nitrogens with one attached hydrogen (secondary N) is 2. The van der Waals surface area contributed by atoms with Gasteiger partial charge in [0.05, 0.1) is 22.9 Å². The number of aromatic nitrogens is 2. The average molecular weight is 434 g/mol. The van der Waals surface area contributed by atoms with Crippen molar-refractivity contribution in [2.75, 3.05) is 11.9 Å². The number of hydrogen-bond donors (Lipinski definition) is 2. The highest BCUT2D eigenvalue weighted by atomic mass is 16.1. The van der Waals surface area contributed by atoms with Gasteiger partial charge < -0.3 is 10.6 Å². The predicted octanol–water partition coefficient (Wildman–Crippen LogP) is 4.60. The maximum atomic E-state index is 13.0. The van der Waals surface area contributed by atoms with E-state index in [1.54, 1.807) is 24.5 Å². The summed E-state index contributed by atoms with van der Waals surface area (Å²) in [6.45, 7) is 0.955. The van der Waals surface area contributed by atoms with Gasteiger partial charge in [-0.15, -0.1) is 0 Å². The molecule has 0 saturated carbocycles. The molecule has 0 aliphatic heterocycles. The monoisotopic (exact) mass is 433 g/mol. The van der Waals surface area contributed by atoms with Crippen LogP contribution in [0, 0.1) is 11.3 Å². The quantitative estimate of drug-likeness (QED) is 0.424. The average Bonchev–Trinajstić information content (AvgIpc) is 2.88. The summed E-state index contributed by atoms with van der Waals surface area (Å²) in [4.78, 5) is 21.8. The highest BCUT2D eigenvalue weighted by Gasteiger charge is 2.14. The minimum Gasteiger partial charge on any atom is -0.369 e. The molecule has 0 bridgehead atoms. The summed E-state index contributed by atoms with van der Waals surface area (Å²) >= 11 is 0. The second-order valence-corrected chi connectivity index (χ2v) is 7.49. The summed E-state index contributed by atoms with van der Waals surface area (Å²) in [5.41, 5.74) is 4.84. The summed E-state index contributed by atoms with van der Waals surface area (Å²) in [6, 6.07) is 26.9. The molecule has 0 radical (unpaired) electrons. The smallest absolute Gasteiger partial charge is 0.255 e. The van der Waals surface area contributed by atoms with Gasteiger partial charge in [0.2, 0.25) is 0 Å². The van der Waals surface area contributed by atoms with Crippen LogP contribution in [0.2, 0.25) is 0 Å². The Morgan fingerprint density at radius 2 is 1.79 bits per heavy atom. The van der Waals surface area contributed by atoms with Crippen LogP contribution in [0.1, 0.15) is 27.0 Å². The molecule has 0 spiro atoms. The summed E-state index contributed by atoms with van der Waals surface area (Å²) in [5.74, 6) is 0.316. The van der Waals surface area contributed by atoms with Gasteiger partial charge >= 0.3 is 0 Å². The number of rotatable bonds is 8. The zero-order valence-corrected chi connectivity index (χ0v) is 18.0. The fourth-order valence-electron chi connectivity index (χ4n) is 3.45. The second-order valence-electron chi connectivity index (χ2n) is 7.49. The molecule has 0 atom stereocenters. The summed E-state index contributed by atoms with van der Waals surface area (Å²) < 4.78 is 0. The first-order valence-corrected chi connectivity index (χ1v) is 10.7. The van der Waals surface area contributed by atoms with Crippen molar-refractivity contribution in [3.05, 3.63) is 114 Å². The van der Waals surface area contributed by atoms with Crippen molar-refractivity contribution in [2.45, 2.75) is 13.0 Å². The molecule has 2 heterocycles. The molecular weight excluding hydrogens is 410 g/mol. The Hall–Kier alpha value is -4.50. The molecule has 2 aromatic heterocycles. The SMILES string of the molecule is N#Cc1cccc(CCNc2nc(-c3ccccc3)ccc2C(=O)NCc2cccnc2)c1. The van der Waals surface area contributed by atoms with Crippen LogP contribution in [-0.4, -0.2) is 22.4 Å². The highest BCUT2D eigenvalue weighted by Crippen LogP contribution is 2.22. The van der Waals surface area contributed by atoms with Gasteiger partial charge in [0.15, 0.2) is 0 Å². The van der Waals surface area contributed by atoms with Crippen LogP contribution >= 0.6 is 0 Å². The maximum Gasteiger partial charge on any atom is 0.255 e. The maximum absolute atomic E-state index is 13.0. The Balaban J connectivity index is 1.53. The number of amides is 1. The summed E-state index contributed by atoms with van der Waals surface area (Å²) in [5, 5.41) is 15.4. The number of carbonyl (C=O) groups is 1. The van der Waals surface area contributed by atoms with Gasteiger partial charge in [0, 0.05) is 31.0 Å². The van der Waals surface area contributed by atoms with Crippen LogP contribution in [0.5, 0.6) is 0 Å². The molecule has 2 aromatic carbocycles. The van der Waals surface area contributed by atoms with Gasteiger partial charge in [0.25, 0.3) is 5.91 Å². The van der Waals surface area contributed by atoms with Gasteiger partial charge in [-0.3, -0.25) is 9.78 Å². The summed E-state index contributed by atoms with van der Waals surface area (Å²) in [7, 11) is 0. The zero-order chi connectivity index (χ0) is 22.9. The van der Waals surface area contributed by atoms with Gasteiger partial charge in [-0.25, -0.2) is 4.98 Å². The highest BCUT2D eigenvalue weighted by molar-refractivity contribution is 5.99. The van der Waals surface area contributed by atoms with Crippen LogP contribution in [0.25, 0.3) is 11.3 Å². The van der Waals surface area contributed by atoms with Gasteiger partial charge in [-0.2, -0.15) is 5.26 Å². The lowest BCUT2D eigenvalue weighted by molar-refractivity contribution is 0.0951. The number of benzene rings is 2. The normalized spacial score (nSPS) is 10.3. The lowest BCUT2D eigenvalue weighted by atomic mass is 10.1. The van der Waals surface area contributed by atoms with Gasteiger partial charge in [0.1, 0.15) is 5.82 Å². The van der Waals surface area contributed by atoms with Crippen molar-refractivity contribution in [1.29, 1.82) is 5.26 Å². The van der Waals surface area contributed by atoms with Crippen LogP contribution < -0.4 is 10.6 Å². The van der Waals surface area contributed by atoms with E-state index >= 15 is 0 Å². The molecule has 6 heteroatoms. The van der Waals surface area contributed by atoms with Crippen molar-refractivity contribution >= 4 is 11.7 Å². The number of nitriles is 1. The molecule has 4 aromatic rings. The first-order chi connectivity index (χ1) is 16.2. The van der Waals surface area contributed by atoms with Crippen molar-refractivity contribution in [1.82, 2.24) is 15.3 Å². The fourth-order valence-corrected chi connectivity index (χ4v) is 3.45. The molecule has 6 nitrogen and oxygen atoms in total. The molecule has 1 amide bonds. The fraction of sp³-hybridized carbons (Fsp3) is 0.111. The standard InChI is InChI=1S/C27H23N5O/c28-17-21-7-4-6-20(16-21)13-15-30-26-24(27(33)31-19-22-8-5-14-29-18-22)11-12-25(32-26)23-9-2-1-3-10-23/h1-12,14,16,18H,13,15,19H2,(H,30,32)(H,31,33). The topological polar surface area (TPSA) is 90.7 Å². The Morgan fingerprint density at radius 3 is 2.58 bits per heavy atom. The van der Waals surface area contributed by atoms with E-state index < -0.39 is 0 Å². The predicted molar refractivity (Wildman–Crippen MR) is 128 cm³/mol. The lowest BCUT2D eigenvalue weighted by Gasteiger charge is -2.13. The molecule has 2 N–H and O–H groups in total. The lowest BCUT2D eigenvalue weighted by Crippen LogP contribution is -2.24. The van der Waals surface area contributed by atoms with Gasteiger partial charge in [-0.05, 0) is 47.9 Å². The molecule has 4 rings (SSSR count). The Labute approximate surface area is 193 Å². The van der Waals surface area contributed by atoms with E-state index in [2.05, 4.69) is 21.7 Å². The molecule has 0 aliphatic carbocycles. The van der Waals surface area contributed by atoms with Crippen molar-refractivity contribution in [3.8, 4) is 17.3 Å². The van der Waals surface area contributed by atoms with E-state index in [1.165, 1.54) is 0 Å². The number of hydrogen-bond acceptors (Lipinski definition) is 5. The Morgan fingerprint density at radius 1 is 0.939 bits per heavy atom. The molecule has 162 valence electrons. The van der Waals surface area contributed by atoms with Crippen LogP contribution in [0.4, 0.5) is 5.82 Å². The largest absolute Gasteiger partial charge is 0.369 e. The van der Waals surface area contributed by atoms with E-state index in [0.29, 0.717) is 36.5 Å². The van der Waals surface area contributed by atoms with Crippen LogP contribution in [-0.2, 0) is 13.0 Å². The first kappa shape index (κ1) is 21.7. The van der Waals surface area contributed by atoms with Gasteiger partial charge in [-0.1, -0.05) is 48.5 Å². The van der Waals surface area contributed by atoms with Crippen LogP contribution in [0.15, 0.2) is 91.3 Å².